The van der Waals surface area contributed by atoms with Crippen LogP contribution in [0.25, 0.3) is 33.3 Å². The normalized spacial score (nSPS) is 12.2. The third-order valence-electron chi connectivity index (χ3n) is 6.01. The third-order valence-corrected chi connectivity index (χ3v) is 6.01. The summed E-state index contributed by atoms with van der Waals surface area (Å²) < 4.78 is 15.1. The van der Waals surface area contributed by atoms with Crippen molar-refractivity contribution >= 4 is 27.8 Å². The number of hydrogen-bond donors (Lipinski definition) is 0. The molecule has 1 atom stereocenters. The molecule has 2 heterocycles. The second-order valence-corrected chi connectivity index (χ2v) is 8.18. The van der Waals surface area contributed by atoms with Crippen molar-refractivity contribution < 1.29 is 13.9 Å². The number of ether oxygens (including phenoxy) is 1. The topological polar surface area (TPSA) is 83.4 Å². The van der Waals surface area contributed by atoms with Gasteiger partial charge in [-0.05, 0) is 37.3 Å². The fourth-order valence-electron chi connectivity index (χ4n) is 4.14. The zero-order chi connectivity index (χ0) is 24.0. The number of rotatable bonds is 5. The number of Topliss-reactive ketones (excluding diaryl/α,β-unsaturated/α-hetero) is 1. The lowest BCUT2D eigenvalue weighted by Crippen LogP contribution is -2.26. The van der Waals surface area contributed by atoms with Crippen LogP contribution < -0.4 is 15.9 Å². The summed E-state index contributed by atoms with van der Waals surface area (Å²) in [6, 6.07) is 21.2. The van der Waals surface area contributed by atoms with Gasteiger partial charge in [0.2, 0.25) is 17.0 Å². The fraction of sp³-hybridized carbons (Fsp3) is 0.148. The van der Waals surface area contributed by atoms with Gasteiger partial charge in [-0.3, -0.25) is 18.7 Å². The lowest BCUT2D eigenvalue weighted by Gasteiger charge is -2.16. The molecule has 0 fully saturated rings. The van der Waals surface area contributed by atoms with E-state index in [4.69, 9.17) is 9.15 Å². The van der Waals surface area contributed by atoms with Crippen molar-refractivity contribution in [1.82, 2.24) is 9.13 Å². The Kier molecular flexibility index (Phi) is 5.17. The predicted molar refractivity (Wildman–Crippen MR) is 131 cm³/mol. The maximum Gasteiger partial charge on any atom is 0.328 e. The van der Waals surface area contributed by atoms with Gasteiger partial charge in [-0.25, -0.2) is 4.79 Å². The first kappa shape index (κ1) is 21.5. The molecule has 0 aliphatic rings. The van der Waals surface area contributed by atoms with Gasteiger partial charge in [0.25, 0.3) is 0 Å². The number of para-hydroxylation sites is 1. The minimum atomic E-state index is -0.968. The molecule has 0 saturated heterocycles. The molecule has 34 heavy (non-hydrogen) atoms. The van der Waals surface area contributed by atoms with E-state index in [1.807, 2.05) is 30.3 Å². The van der Waals surface area contributed by atoms with Gasteiger partial charge in [0.15, 0.2) is 11.9 Å². The molecule has 0 aliphatic carbocycles. The van der Waals surface area contributed by atoms with E-state index >= 15 is 0 Å². The molecule has 0 aliphatic heterocycles. The maximum atomic E-state index is 13.3. The van der Waals surface area contributed by atoms with Crippen LogP contribution in [0.4, 0.5) is 0 Å². The van der Waals surface area contributed by atoms with E-state index in [0.717, 1.165) is 5.52 Å². The summed E-state index contributed by atoms with van der Waals surface area (Å²) in [6.07, 6.45) is -0.968. The largest absolute Gasteiger partial charge is 0.475 e. The number of imidazole rings is 1. The summed E-state index contributed by atoms with van der Waals surface area (Å²) in [5.41, 5.74) is 2.33. The Labute approximate surface area is 194 Å². The quantitative estimate of drug-likeness (QED) is 0.370. The molecule has 2 aromatic heterocycles. The lowest BCUT2D eigenvalue weighted by molar-refractivity contribution is 0.0815. The Bertz CT molecular complexity index is 1680. The van der Waals surface area contributed by atoms with Crippen LogP contribution in [0.5, 0.6) is 5.75 Å². The first-order valence-electron chi connectivity index (χ1n) is 10.8. The molecule has 0 radical (unpaired) electrons. The minimum absolute atomic E-state index is 0.0149. The highest BCUT2D eigenvalue weighted by atomic mass is 16.5. The van der Waals surface area contributed by atoms with Crippen molar-refractivity contribution in [3.8, 4) is 17.1 Å². The molecule has 0 bridgehead atoms. The average Bonchev–Trinajstić information content (AvgIpc) is 3.09. The molecule has 7 nitrogen and oxygen atoms in total. The first-order chi connectivity index (χ1) is 16.4. The number of aromatic nitrogens is 2. The van der Waals surface area contributed by atoms with Crippen molar-refractivity contribution in [2.75, 3.05) is 0 Å². The van der Waals surface area contributed by atoms with Gasteiger partial charge in [0.1, 0.15) is 5.58 Å². The van der Waals surface area contributed by atoms with Gasteiger partial charge in [-0.2, -0.15) is 0 Å². The third kappa shape index (κ3) is 3.42. The summed E-state index contributed by atoms with van der Waals surface area (Å²) in [4.78, 5) is 38.8. The molecular weight excluding hydrogens is 432 g/mol. The maximum absolute atomic E-state index is 13.3. The monoisotopic (exact) mass is 454 g/mol. The van der Waals surface area contributed by atoms with Gasteiger partial charge in [0, 0.05) is 25.2 Å². The first-order valence-corrected chi connectivity index (χ1v) is 10.8. The number of nitrogens with zero attached hydrogens (tertiary/aromatic N) is 2. The standard InChI is InChI=1S/C27H22N2O5/c1-16(23(30)18-13-14-20-21(15-18)29(3)27(32)28(20)2)33-26-24(31)19-11-7-8-12-22(19)34-25(26)17-9-5-4-6-10-17/h4-16H,1-3H3. The van der Waals surface area contributed by atoms with Crippen molar-refractivity contribution in [3.05, 3.63) is 99.1 Å². The molecule has 170 valence electrons. The molecule has 3 aromatic carbocycles. The summed E-state index contributed by atoms with van der Waals surface area (Å²) in [5, 5.41) is 0.373. The van der Waals surface area contributed by atoms with E-state index < -0.39 is 6.10 Å². The number of benzene rings is 3. The van der Waals surface area contributed by atoms with E-state index in [0.29, 0.717) is 27.6 Å². The number of fused-ring (bicyclic) bond motifs is 2. The van der Waals surface area contributed by atoms with Crippen molar-refractivity contribution in [1.29, 1.82) is 0 Å². The molecular formula is C27H22N2O5. The molecule has 0 amide bonds. The highest BCUT2D eigenvalue weighted by Gasteiger charge is 2.24. The van der Waals surface area contributed by atoms with E-state index in [1.165, 1.54) is 9.13 Å². The Hall–Kier alpha value is -4.39. The van der Waals surface area contributed by atoms with Crippen LogP contribution in [0, 0.1) is 0 Å². The average molecular weight is 454 g/mol. The number of ketones is 1. The SMILES string of the molecule is CC(Oc1c(-c2ccccc2)oc2ccccc2c1=O)C(=O)c1ccc2c(c1)n(C)c(=O)n2C. The highest BCUT2D eigenvalue weighted by Crippen LogP contribution is 2.31. The zero-order valence-corrected chi connectivity index (χ0v) is 18.9. The van der Waals surface area contributed by atoms with Crippen molar-refractivity contribution in [2.45, 2.75) is 13.0 Å². The summed E-state index contributed by atoms with van der Waals surface area (Å²) in [6.45, 7) is 1.60. The van der Waals surface area contributed by atoms with E-state index in [1.54, 1.807) is 63.5 Å². The molecule has 1 unspecified atom stereocenters. The van der Waals surface area contributed by atoms with Crippen LogP contribution in [-0.4, -0.2) is 21.0 Å². The second-order valence-electron chi connectivity index (χ2n) is 8.18. The lowest BCUT2D eigenvalue weighted by atomic mass is 10.1. The summed E-state index contributed by atoms with van der Waals surface area (Å²) in [5.74, 6) is -0.0615. The Morgan fingerprint density at radius 3 is 2.32 bits per heavy atom. The minimum Gasteiger partial charge on any atom is -0.475 e. The fourth-order valence-corrected chi connectivity index (χ4v) is 4.14. The molecule has 0 N–H and O–H groups in total. The number of aryl methyl sites for hydroxylation is 2. The number of carbonyl (C=O) groups is 1. The van der Waals surface area contributed by atoms with Gasteiger partial charge in [-0.1, -0.05) is 42.5 Å². The molecule has 5 rings (SSSR count). The summed E-state index contributed by atoms with van der Waals surface area (Å²) >= 11 is 0. The zero-order valence-electron chi connectivity index (χ0n) is 18.9. The van der Waals surface area contributed by atoms with Crippen molar-refractivity contribution in [2.24, 2.45) is 14.1 Å². The molecule has 0 spiro atoms. The molecule has 0 saturated carbocycles. The molecule has 7 heteroatoms. The van der Waals surface area contributed by atoms with Crippen LogP contribution >= 0.6 is 0 Å². The summed E-state index contributed by atoms with van der Waals surface area (Å²) in [7, 11) is 3.34. The van der Waals surface area contributed by atoms with Gasteiger partial charge >= 0.3 is 5.69 Å². The van der Waals surface area contributed by atoms with Crippen LogP contribution in [0.2, 0.25) is 0 Å². The van der Waals surface area contributed by atoms with Gasteiger partial charge in [-0.15, -0.1) is 0 Å². The second kappa shape index (κ2) is 8.19. The smallest absolute Gasteiger partial charge is 0.328 e. The molecule has 5 aromatic rings. The number of carbonyl (C=O) groups excluding carboxylic acids is 1. The van der Waals surface area contributed by atoms with Crippen molar-refractivity contribution in [3.63, 3.8) is 0 Å². The Balaban J connectivity index is 1.58. The van der Waals surface area contributed by atoms with Crippen LogP contribution in [0.3, 0.4) is 0 Å². The van der Waals surface area contributed by atoms with E-state index in [2.05, 4.69) is 0 Å². The van der Waals surface area contributed by atoms with E-state index in [9.17, 15) is 14.4 Å². The van der Waals surface area contributed by atoms with Gasteiger partial charge < -0.3 is 9.15 Å². The van der Waals surface area contributed by atoms with Gasteiger partial charge in [0.05, 0.1) is 16.4 Å². The van der Waals surface area contributed by atoms with Crippen LogP contribution in [0.1, 0.15) is 17.3 Å². The van der Waals surface area contributed by atoms with Crippen LogP contribution in [0.15, 0.2) is 86.8 Å². The highest BCUT2D eigenvalue weighted by molar-refractivity contribution is 6.02. The Morgan fingerprint density at radius 1 is 0.882 bits per heavy atom. The van der Waals surface area contributed by atoms with Crippen LogP contribution in [-0.2, 0) is 14.1 Å². The number of hydrogen-bond acceptors (Lipinski definition) is 5. The van der Waals surface area contributed by atoms with E-state index in [-0.39, 0.29) is 28.4 Å². The predicted octanol–water partition coefficient (Wildman–Crippen LogP) is 4.30. The Morgan fingerprint density at radius 2 is 1.56 bits per heavy atom.